The first kappa shape index (κ1) is 12.8. The summed E-state index contributed by atoms with van der Waals surface area (Å²) in [6.07, 6.45) is 2.47. The Balaban J connectivity index is 3.67. The van der Waals surface area contributed by atoms with Crippen molar-refractivity contribution in [1.29, 1.82) is 0 Å². The van der Waals surface area contributed by atoms with E-state index in [1.165, 1.54) is 0 Å². The lowest BCUT2D eigenvalue weighted by atomic mass is 10.2. The normalized spacial score (nSPS) is 15.3. The molecule has 0 aromatic rings. The Labute approximate surface area is 83.6 Å². The SMILES string of the molecule is CCCC(=O)CS(=O)CC(C)CC. The largest absolute Gasteiger partial charge is 0.299 e. The van der Waals surface area contributed by atoms with Crippen LogP contribution in [0.15, 0.2) is 0 Å². The Kier molecular flexibility index (Phi) is 7.14. The van der Waals surface area contributed by atoms with Gasteiger partial charge in [0.2, 0.25) is 0 Å². The van der Waals surface area contributed by atoms with Crippen LogP contribution in [-0.4, -0.2) is 21.5 Å². The maximum Gasteiger partial charge on any atom is 0.145 e. The lowest BCUT2D eigenvalue weighted by molar-refractivity contribution is -0.116. The molecule has 0 bridgehead atoms. The third-order valence-electron chi connectivity index (χ3n) is 2.02. The van der Waals surface area contributed by atoms with Crippen LogP contribution in [0.25, 0.3) is 0 Å². The molecule has 0 spiro atoms. The zero-order valence-electron chi connectivity index (χ0n) is 8.84. The van der Waals surface area contributed by atoms with Crippen LogP contribution in [0.4, 0.5) is 0 Å². The molecule has 0 aromatic heterocycles. The van der Waals surface area contributed by atoms with Crippen molar-refractivity contribution in [2.75, 3.05) is 11.5 Å². The fourth-order valence-corrected chi connectivity index (χ4v) is 2.52. The molecular weight excluding hydrogens is 184 g/mol. The van der Waals surface area contributed by atoms with Crippen LogP contribution in [0.2, 0.25) is 0 Å². The minimum absolute atomic E-state index is 0.143. The van der Waals surface area contributed by atoms with Crippen molar-refractivity contribution in [3.8, 4) is 0 Å². The minimum atomic E-state index is -0.931. The van der Waals surface area contributed by atoms with Gasteiger partial charge in [0.25, 0.3) is 0 Å². The van der Waals surface area contributed by atoms with Crippen LogP contribution >= 0.6 is 0 Å². The molecule has 0 saturated heterocycles. The van der Waals surface area contributed by atoms with Gasteiger partial charge in [-0.05, 0) is 12.3 Å². The van der Waals surface area contributed by atoms with Gasteiger partial charge in [-0.1, -0.05) is 27.2 Å². The van der Waals surface area contributed by atoms with Gasteiger partial charge in [-0.15, -0.1) is 0 Å². The summed E-state index contributed by atoms with van der Waals surface area (Å²) in [6, 6.07) is 0. The van der Waals surface area contributed by atoms with Crippen molar-refractivity contribution in [1.82, 2.24) is 0 Å². The predicted octanol–water partition coefficient (Wildman–Crippen LogP) is 2.15. The van der Waals surface area contributed by atoms with E-state index < -0.39 is 10.8 Å². The summed E-state index contributed by atoms with van der Waals surface area (Å²) in [6.45, 7) is 6.12. The molecule has 0 heterocycles. The minimum Gasteiger partial charge on any atom is -0.299 e. The fraction of sp³-hybridized carbons (Fsp3) is 0.900. The highest BCUT2D eigenvalue weighted by atomic mass is 32.2. The summed E-state index contributed by atoms with van der Waals surface area (Å²) < 4.78 is 11.4. The molecule has 0 saturated carbocycles. The molecule has 0 rings (SSSR count). The van der Waals surface area contributed by atoms with Gasteiger partial charge < -0.3 is 0 Å². The van der Waals surface area contributed by atoms with Crippen LogP contribution in [0.5, 0.6) is 0 Å². The Morgan fingerprint density at radius 2 is 2.00 bits per heavy atom. The smallest absolute Gasteiger partial charge is 0.145 e. The van der Waals surface area contributed by atoms with E-state index in [1.807, 2.05) is 6.92 Å². The first-order chi connectivity index (χ1) is 6.10. The molecule has 0 fully saturated rings. The average molecular weight is 204 g/mol. The second kappa shape index (κ2) is 7.25. The molecule has 78 valence electrons. The topological polar surface area (TPSA) is 34.1 Å². The molecule has 2 atom stereocenters. The molecule has 0 aliphatic carbocycles. The van der Waals surface area contributed by atoms with E-state index in [9.17, 15) is 9.00 Å². The Bertz CT molecular complexity index is 178. The number of ketones is 1. The standard InChI is InChI=1S/C10H20O2S/c1-4-6-10(11)8-13(12)7-9(3)5-2/h9H,4-8H2,1-3H3. The Hall–Kier alpha value is -0.180. The lowest BCUT2D eigenvalue weighted by Gasteiger charge is -2.06. The predicted molar refractivity (Wildman–Crippen MR) is 57.2 cm³/mol. The molecule has 2 unspecified atom stereocenters. The third kappa shape index (κ3) is 6.94. The van der Waals surface area contributed by atoms with Crippen molar-refractivity contribution in [2.45, 2.75) is 40.0 Å². The summed E-state index contributed by atoms with van der Waals surface area (Å²) in [5, 5.41) is 0. The van der Waals surface area contributed by atoms with Crippen LogP contribution in [-0.2, 0) is 15.6 Å². The molecule has 13 heavy (non-hydrogen) atoms. The van der Waals surface area contributed by atoms with E-state index in [0.29, 0.717) is 18.1 Å². The highest BCUT2D eigenvalue weighted by Crippen LogP contribution is 2.03. The summed E-state index contributed by atoms with van der Waals surface area (Å²) in [7, 11) is -0.931. The van der Waals surface area contributed by atoms with Crippen molar-refractivity contribution in [3.63, 3.8) is 0 Å². The number of Topliss-reactive ketones (excluding diaryl/α,β-unsaturated/α-hetero) is 1. The number of hydrogen-bond donors (Lipinski definition) is 0. The molecule has 0 aromatic carbocycles. The molecule has 0 radical (unpaired) electrons. The molecule has 0 amide bonds. The number of rotatable bonds is 7. The maximum absolute atomic E-state index is 11.4. The van der Waals surface area contributed by atoms with Gasteiger partial charge in [0, 0.05) is 23.0 Å². The van der Waals surface area contributed by atoms with Crippen LogP contribution in [0.1, 0.15) is 40.0 Å². The number of hydrogen-bond acceptors (Lipinski definition) is 2. The number of carbonyl (C=O) groups excluding carboxylic acids is 1. The van der Waals surface area contributed by atoms with E-state index in [-0.39, 0.29) is 11.5 Å². The van der Waals surface area contributed by atoms with Gasteiger partial charge in [0.1, 0.15) is 5.78 Å². The lowest BCUT2D eigenvalue weighted by Crippen LogP contribution is -2.16. The van der Waals surface area contributed by atoms with E-state index in [4.69, 9.17) is 0 Å². The van der Waals surface area contributed by atoms with Gasteiger partial charge in [-0.25, -0.2) is 0 Å². The average Bonchev–Trinajstić information content (AvgIpc) is 2.04. The zero-order valence-corrected chi connectivity index (χ0v) is 9.65. The summed E-state index contributed by atoms with van der Waals surface area (Å²) in [4.78, 5) is 11.1. The van der Waals surface area contributed by atoms with E-state index >= 15 is 0 Å². The van der Waals surface area contributed by atoms with Gasteiger partial charge in [-0.3, -0.25) is 9.00 Å². The third-order valence-corrected chi connectivity index (χ3v) is 3.60. The Morgan fingerprint density at radius 3 is 2.46 bits per heavy atom. The van der Waals surface area contributed by atoms with Crippen LogP contribution in [0, 0.1) is 5.92 Å². The number of carbonyl (C=O) groups is 1. The van der Waals surface area contributed by atoms with Crippen molar-refractivity contribution >= 4 is 16.6 Å². The van der Waals surface area contributed by atoms with Gasteiger partial charge >= 0.3 is 0 Å². The van der Waals surface area contributed by atoms with Gasteiger partial charge in [-0.2, -0.15) is 0 Å². The first-order valence-electron chi connectivity index (χ1n) is 4.96. The molecule has 0 aliphatic rings. The van der Waals surface area contributed by atoms with Crippen LogP contribution in [0.3, 0.4) is 0 Å². The summed E-state index contributed by atoms with van der Waals surface area (Å²) in [5.74, 6) is 1.55. The zero-order chi connectivity index (χ0) is 10.3. The fourth-order valence-electron chi connectivity index (χ4n) is 1.02. The maximum atomic E-state index is 11.4. The molecule has 3 heteroatoms. The molecule has 0 aliphatic heterocycles. The van der Waals surface area contributed by atoms with Crippen molar-refractivity contribution in [3.05, 3.63) is 0 Å². The van der Waals surface area contributed by atoms with Crippen molar-refractivity contribution < 1.29 is 9.00 Å². The summed E-state index contributed by atoms with van der Waals surface area (Å²) in [5.41, 5.74) is 0. The monoisotopic (exact) mass is 204 g/mol. The van der Waals surface area contributed by atoms with Crippen molar-refractivity contribution in [2.24, 2.45) is 5.92 Å². The second-order valence-electron chi connectivity index (χ2n) is 3.55. The molecule has 2 nitrogen and oxygen atoms in total. The van der Waals surface area contributed by atoms with E-state index in [2.05, 4.69) is 13.8 Å². The quantitative estimate of drug-likeness (QED) is 0.637. The van der Waals surface area contributed by atoms with Gasteiger partial charge in [0.15, 0.2) is 0 Å². The van der Waals surface area contributed by atoms with E-state index in [0.717, 1.165) is 12.8 Å². The highest BCUT2D eigenvalue weighted by Gasteiger charge is 2.09. The summed E-state index contributed by atoms with van der Waals surface area (Å²) >= 11 is 0. The van der Waals surface area contributed by atoms with E-state index in [1.54, 1.807) is 0 Å². The van der Waals surface area contributed by atoms with Crippen LogP contribution < -0.4 is 0 Å². The molecular formula is C10H20O2S. The second-order valence-corrected chi connectivity index (χ2v) is 5.05. The molecule has 0 N–H and O–H groups in total. The highest BCUT2D eigenvalue weighted by molar-refractivity contribution is 7.85. The first-order valence-corrected chi connectivity index (χ1v) is 6.45. The van der Waals surface area contributed by atoms with Gasteiger partial charge in [0.05, 0.1) is 5.75 Å². The Morgan fingerprint density at radius 1 is 1.38 bits per heavy atom.